The Morgan fingerprint density at radius 2 is 1.75 bits per heavy atom. The number of pyridine rings is 1. The summed E-state index contributed by atoms with van der Waals surface area (Å²) >= 11 is 0. The summed E-state index contributed by atoms with van der Waals surface area (Å²) in [6.07, 6.45) is 3.08. The van der Waals surface area contributed by atoms with Crippen LogP contribution in [0, 0.1) is 0 Å². The zero-order chi connectivity index (χ0) is 24.7. The Hall–Kier alpha value is -3.54. The van der Waals surface area contributed by atoms with Gasteiger partial charge in [-0.25, -0.2) is 4.98 Å². The highest BCUT2D eigenvalue weighted by molar-refractivity contribution is 6.09. The number of fused-ring (bicyclic) bond motifs is 1. The van der Waals surface area contributed by atoms with Gasteiger partial charge in [-0.05, 0) is 37.4 Å². The van der Waals surface area contributed by atoms with Crippen LogP contribution >= 0.6 is 0 Å². The van der Waals surface area contributed by atoms with Crippen molar-refractivity contribution in [3.05, 3.63) is 102 Å². The van der Waals surface area contributed by atoms with Crippen LogP contribution in [-0.2, 0) is 11.3 Å². The number of hydrogen-bond donors (Lipinski definition) is 2. The molecule has 2 atom stereocenters. The lowest BCUT2D eigenvalue weighted by Crippen LogP contribution is -2.30. The average molecular weight is 480 g/mol. The maximum atomic E-state index is 14.0. The van der Waals surface area contributed by atoms with Crippen molar-refractivity contribution in [2.24, 2.45) is 0 Å². The third kappa shape index (κ3) is 5.32. The van der Waals surface area contributed by atoms with Gasteiger partial charge >= 0.3 is 0 Å². The van der Waals surface area contributed by atoms with E-state index in [1.165, 1.54) is 6.42 Å². The Morgan fingerprint density at radius 1 is 1.03 bits per heavy atom. The van der Waals surface area contributed by atoms with Gasteiger partial charge in [0.05, 0.1) is 36.0 Å². The van der Waals surface area contributed by atoms with Crippen LogP contribution in [0.25, 0.3) is 22.2 Å². The van der Waals surface area contributed by atoms with Crippen molar-refractivity contribution < 1.29 is 9.53 Å². The average Bonchev–Trinajstić information content (AvgIpc) is 3.45. The molecule has 3 aromatic carbocycles. The standard InChI is InChI=1S/C31H33N3O2/c1-2-27(22-12-5-3-6-13-22)34-31(35)29-25-17-9-10-18-28(25)33-30(23-14-7-4-8-15-23)26(29)21-36-20-24-16-11-19-32-24/h3-10,12-15,17-18,24,27,32H,2,11,16,19-21H2,1H3,(H,34,35)/t24?,27-/m0/s1. The van der Waals surface area contributed by atoms with Crippen molar-refractivity contribution in [3.63, 3.8) is 0 Å². The number of carbonyl (C=O) groups is 1. The van der Waals surface area contributed by atoms with Crippen molar-refractivity contribution in [2.75, 3.05) is 13.2 Å². The SMILES string of the molecule is CC[C@H](NC(=O)c1c(COCC2CCCN2)c(-c2ccccc2)nc2ccccc12)c1ccccc1. The van der Waals surface area contributed by atoms with E-state index >= 15 is 0 Å². The first-order chi connectivity index (χ1) is 17.7. The number of ether oxygens (including phenoxy) is 1. The molecular weight excluding hydrogens is 446 g/mol. The van der Waals surface area contributed by atoms with Gasteiger partial charge in [-0.2, -0.15) is 0 Å². The molecule has 0 aliphatic carbocycles. The maximum Gasteiger partial charge on any atom is 0.252 e. The van der Waals surface area contributed by atoms with Crippen LogP contribution in [0.4, 0.5) is 0 Å². The topological polar surface area (TPSA) is 63.2 Å². The maximum absolute atomic E-state index is 14.0. The van der Waals surface area contributed by atoms with E-state index < -0.39 is 0 Å². The molecule has 1 aliphatic heterocycles. The highest BCUT2D eigenvalue weighted by Gasteiger charge is 2.24. The number of benzene rings is 3. The molecule has 5 rings (SSSR count). The Kier molecular flexibility index (Phi) is 7.70. The van der Waals surface area contributed by atoms with Crippen molar-refractivity contribution in [2.45, 2.75) is 44.9 Å². The first kappa shape index (κ1) is 24.2. The highest BCUT2D eigenvalue weighted by Crippen LogP contribution is 2.32. The molecule has 1 unspecified atom stereocenters. The van der Waals surface area contributed by atoms with Crippen molar-refractivity contribution in [1.82, 2.24) is 15.6 Å². The van der Waals surface area contributed by atoms with Crippen LogP contribution in [0.15, 0.2) is 84.9 Å². The predicted molar refractivity (Wildman–Crippen MR) is 145 cm³/mol. The zero-order valence-electron chi connectivity index (χ0n) is 20.7. The van der Waals surface area contributed by atoms with Crippen LogP contribution in [0.5, 0.6) is 0 Å². The molecule has 36 heavy (non-hydrogen) atoms. The molecule has 1 fully saturated rings. The lowest BCUT2D eigenvalue weighted by molar-refractivity contribution is 0.0910. The minimum absolute atomic E-state index is 0.0812. The number of para-hydroxylation sites is 1. The molecule has 1 aliphatic rings. The second-order valence-electron chi connectivity index (χ2n) is 9.35. The Labute approximate surface area is 212 Å². The van der Waals surface area contributed by atoms with Crippen molar-refractivity contribution in [3.8, 4) is 11.3 Å². The monoisotopic (exact) mass is 479 g/mol. The largest absolute Gasteiger partial charge is 0.375 e. The molecule has 2 N–H and O–H groups in total. The van der Waals surface area contributed by atoms with E-state index in [1.54, 1.807) is 0 Å². The lowest BCUT2D eigenvalue weighted by atomic mass is 9.95. The smallest absolute Gasteiger partial charge is 0.252 e. The van der Waals surface area contributed by atoms with Crippen LogP contribution in [0.3, 0.4) is 0 Å². The Bertz CT molecular complexity index is 1300. The van der Waals surface area contributed by atoms with E-state index in [2.05, 4.69) is 29.7 Å². The summed E-state index contributed by atoms with van der Waals surface area (Å²) < 4.78 is 6.24. The molecule has 0 spiro atoms. The van der Waals surface area contributed by atoms with Crippen LogP contribution in [0.2, 0.25) is 0 Å². The molecule has 0 saturated carbocycles. The van der Waals surface area contributed by atoms with Gasteiger partial charge in [0, 0.05) is 22.6 Å². The van der Waals surface area contributed by atoms with E-state index in [0.717, 1.165) is 52.7 Å². The summed E-state index contributed by atoms with van der Waals surface area (Å²) in [6, 6.07) is 28.4. The molecule has 184 valence electrons. The first-order valence-electron chi connectivity index (χ1n) is 12.9. The van der Waals surface area contributed by atoms with Gasteiger partial charge < -0.3 is 15.4 Å². The summed E-state index contributed by atoms with van der Waals surface area (Å²) in [5, 5.41) is 7.64. The van der Waals surface area contributed by atoms with Gasteiger partial charge in [0.25, 0.3) is 5.91 Å². The summed E-state index contributed by atoms with van der Waals surface area (Å²) in [6.45, 7) is 4.07. The highest BCUT2D eigenvalue weighted by atomic mass is 16.5. The summed E-state index contributed by atoms with van der Waals surface area (Å²) in [5.74, 6) is -0.0981. The van der Waals surface area contributed by atoms with Gasteiger partial charge in [0.15, 0.2) is 0 Å². The Balaban J connectivity index is 1.57. The molecular formula is C31H33N3O2. The number of hydrogen-bond acceptors (Lipinski definition) is 4. The molecule has 2 heterocycles. The fourth-order valence-electron chi connectivity index (χ4n) is 5.03. The number of nitrogens with zero attached hydrogens (tertiary/aromatic N) is 1. The fourth-order valence-corrected chi connectivity index (χ4v) is 5.03. The van der Waals surface area contributed by atoms with Crippen molar-refractivity contribution >= 4 is 16.8 Å². The first-order valence-corrected chi connectivity index (χ1v) is 12.9. The molecule has 1 amide bonds. The summed E-state index contributed by atoms with van der Waals surface area (Å²) in [7, 11) is 0. The fraction of sp³-hybridized carbons (Fsp3) is 0.290. The second kappa shape index (κ2) is 11.5. The molecule has 1 saturated heterocycles. The minimum Gasteiger partial charge on any atom is -0.375 e. The van der Waals surface area contributed by atoms with E-state index in [0.29, 0.717) is 24.8 Å². The predicted octanol–water partition coefficient (Wildman–Crippen LogP) is 6.05. The second-order valence-corrected chi connectivity index (χ2v) is 9.35. The van der Waals surface area contributed by atoms with Gasteiger partial charge in [0.1, 0.15) is 0 Å². The number of nitrogens with one attached hydrogen (secondary N) is 2. The van der Waals surface area contributed by atoms with Gasteiger partial charge in [-0.15, -0.1) is 0 Å². The van der Waals surface area contributed by atoms with Crippen molar-refractivity contribution in [1.29, 1.82) is 0 Å². The molecule has 0 bridgehead atoms. The minimum atomic E-state index is -0.0981. The Morgan fingerprint density at radius 3 is 2.47 bits per heavy atom. The van der Waals surface area contributed by atoms with Crippen LogP contribution in [0.1, 0.15) is 53.7 Å². The molecule has 0 radical (unpaired) electrons. The van der Waals surface area contributed by atoms with E-state index in [4.69, 9.17) is 9.72 Å². The van der Waals surface area contributed by atoms with E-state index in [-0.39, 0.29) is 11.9 Å². The molecule has 5 nitrogen and oxygen atoms in total. The van der Waals surface area contributed by atoms with Crippen LogP contribution < -0.4 is 10.6 Å². The number of carbonyl (C=O) groups excluding carboxylic acids is 1. The van der Waals surface area contributed by atoms with Gasteiger partial charge in [0.2, 0.25) is 0 Å². The van der Waals surface area contributed by atoms with E-state index in [1.807, 2.05) is 72.8 Å². The summed E-state index contributed by atoms with van der Waals surface area (Å²) in [4.78, 5) is 19.0. The van der Waals surface area contributed by atoms with Gasteiger partial charge in [-0.3, -0.25) is 4.79 Å². The van der Waals surface area contributed by atoms with Crippen LogP contribution in [-0.4, -0.2) is 30.1 Å². The molecule has 4 aromatic rings. The van der Waals surface area contributed by atoms with E-state index in [9.17, 15) is 4.79 Å². The quantitative estimate of drug-likeness (QED) is 0.307. The molecule has 5 heteroatoms. The number of rotatable bonds is 9. The summed E-state index contributed by atoms with van der Waals surface area (Å²) in [5.41, 5.74) is 5.15. The third-order valence-electron chi connectivity index (χ3n) is 6.91. The van der Waals surface area contributed by atoms with Gasteiger partial charge in [-0.1, -0.05) is 85.8 Å². The normalized spacial score (nSPS) is 16.2. The third-order valence-corrected chi connectivity index (χ3v) is 6.91. The zero-order valence-corrected chi connectivity index (χ0v) is 20.7. The number of aromatic nitrogens is 1. The number of amides is 1. The molecule has 1 aromatic heterocycles. The lowest BCUT2D eigenvalue weighted by Gasteiger charge is -2.22.